The number of amides is 3. The fraction of sp³-hybridized carbons (Fsp3) is 0.195. The number of carbonyl (C=O) groups excluding carboxylic acids is 3. The molecule has 6 aromatic carbocycles. The molecule has 3 aliphatic heterocycles. The Morgan fingerprint density at radius 1 is 0.434 bits per heavy atom. The number of benzene rings is 6. The van der Waals surface area contributed by atoms with E-state index in [0.29, 0.717) is 48.3 Å². The fourth-order valence-electron chi connectivity index (χ4n) is 13.1. The fourth-order valence-corrected chi connectivity index (χ4v) is 13.1. The number of nitrogens with two attached hydrogens (primary N) is 3. The average molecular weight is 1320 g/mol. The Kier molecular flexibility index (Phi) is 19.5. The standard InChI is InChI=1S/2C26H25N5O2.C25H24N6O2/c1-2-22(32)30-15-6-7-19(17-30)26-29-23(24-25(27)28-14-16-31(24)26)18-10-12-21(13-11-18)33-20-8-4-3-5-9-20;1-2-24(32)30-14-6-7-19(16-30)23-15-22(25-26(27)28-17-29-31(23)25)18-10-12-21(13-11-18)33-20-8-4-3-5-9-20;1-2-21(32)30-14-6-7-18(15-30)25-29-22(23-24(26)27-16-28-31(23)25)17-10-12-20(13-11-17)33-19-8-4-3-5-9-19/h2-5,8-14,16,19H,1,6-7,15,17H2,(H2,27,28);2-5,8-13,15,17,19H,1,6-7,14,16H2,(H2,27,28,29);2-5,8-13,16,18H,1,6-7,14-15H2,(H2,26,27,28)/t2*19-;18-/m111/s1. The Morgan fingerprint density at radius 2 is 0.818 bits per heavy atom. The molecular formula is C77H74N16O6. The highest BCUT2D eigenvalue weighted by Crippen LogP contribution is 2.40. The number of hydrogen-bond acceptors (Lipinski definition) is 16. The van der Waals surface area contributed by atoms with Gasteiger partial charge in [0, 0.05) is 91.8 Å². The summed E-state index contributed by atoms with van der Waals surface area (Å²) in [6, 6.07) is 54.5. The number of aromatic nitrogens is 10. The number of fused-ring (bicyclic) bond motifs is 3. The van der Waals surface area contributed by atoms with Gasteiger partial charge < -0.3 is 46.1 Å². The molecule has 3 saturated heterocycles. The Labute approximate surface area is 572 Å². The summed E-state index contributed by atoms with van der Waals surface area (Å²) < 4.78 is 23.4. The maximum Gasteiger partial charge on any atom is 0.245 e. The molecule has 0 spiro atoms. The molecule has 0 saturated carbocycles. The van der Waals surface area contributed by atoms with Crippen molar-refractivity contribution < 1.29 is 28.6 Å². The van der Waals surface area contributed by atoms with Crippen LogP contribution in [0.3, 0.4) is 0 Å². The normalized spacial score (nSPS) is 16.0. The first-order valence-electron chi connectivity index (χ1n) is 32.9. The number of nitrogens with zero attached hydrogens (tertiary/aromatic N) is 13. The van der Waals surface area contributed by atoms with Crippen molar-refractivity contribution in [2.24, 2.45) is 0 Å². The second-order valence-corrected chi connectivity index (χ2v) is 24.3. The molecule has 9 heterocycles. The second kappa shape index (κ2) is 29.7. The number of carbonyl (C=O) groups is 3. The van der Waals surface area contributed by atoms with Gasteiger partial charge in [0.05, 0.1) is 0 Å². The predicted octanol–water partition coefficient (Wildman–Crippen LogP) is 13.4. The van der Waals surface area contributed by atoms with Crippen LogP contribution in [0.4, 0.5) is 17.5 Å². The lowest BCUT2D eigenvalue weighted by molar-refractivity contribution is -0.128. The zero-order chi connectivity index (χ0) is 68.4. The van der Waals surface area contributed by atoms with Gasteiger partial charge in [-0.3, -0.25) is 18.8 Å². The maximum atomic E-state index is 12.2. The van der Waals surface area contributed by atoms with Gasteiger partial charge >= 0.3 is 0 Å². The summed E-state index contributed by atoms with van der Waals surface area (Å²) in [5.74, 6) is 7.58. The lowest BCUT2D eigenvalue weighted by Gasteiger charge is -2.31. The number of hydrogen-bond donors (Lipinski definition) is 3. The Morgan fingerprint density at radius 3 is 1.29 bits per heavy atom. The summed E-state index contributed by atoms with van der Waals surface area (Å²) in [6.45, 7) is 14.9. The van der Waals surface area contributed by atoms with Crippen molar-refractivity contribution in [3.05, 3.63) is 250 Å². The summed E-state index contributed by atoms with van der Waals surface area (Å²) in [5, 5.41) is 8.95. The minimum absolute atomic E-state index is 0.0380. The zero-order valence-electron chi connectivity index (χ0n) is 54.5. The van der Waals surface area contributed by atoms with E-state index in [0.717, 1.165) is 149 Å². The molecular weight excluding hydrogens is 1240 g/mol. The van der Waals surface area contributed by atoms with Gasteiger partial charge in [-0.05, 0) is 165 Å². The quantitative estimate of drug-likeness (QED) is 0.0805. The number of para-hydroxylation sites is 3. The highest BCUT2D eigenvalue weighted by molar-refractivity contribution is 5.91. The molecule has 22 nitrogen and oxygen atoms in total. The second-order valence-electron chi connectivity index (χ2n) is 24.3. The molecule has 498 valence electrons. The zero-order valence-corrected chi connectivity index (χ0v) is 54.5. The first kappa shape index (κ1) is 65.2. The van der Waals surface area contributed by atoms with Crippen molar-refractivity contribution in [2.75, 3.05) is 56.5 Å². The van der Waals surface area contributed by atoms with Crippen LogP contribution >= 0.6 is 0 Å². The van der Waals surface area contributed by atoms with Crippen LogP contribution in [0.5, 0.6) is 34.5 Å². The van der Waals surface area contributed by atoms with Gasteiger partial charge in [-0.25, -0.2) is 34.0 Å². The van der Waals surface area contributed by atoms with Gasteiger partial charge in [0.1, 0.15) is 92.6 Å². The Bertz CT molecular complexity index is 4380. The molecule has 3 fully saturated rings. The lowest BCUT2D eigenvalue weighted by Crippen LogP contribution is -2.38. The van der Waals surface area contributed by atoms with Gasteiger partial charge in [-0.2, -0.15) is 10.2 Å². The first-order valence-corrected chi connectivity index (χ1v) is 32.9. The van der Waals surface area contributed by atoms with Crippen molar-refractivity contribution in [3.8, 4) is 68.1 Å². The largest absolute Gasteiger partial charge is 0.457 e. The highest BCUT2D eigenvalue weighted by atomic mass is 16.5. The van der Waals surface area contributed by atoms with E-state index in [9.17, 15) is 14.4 Å². The molecule has 3 atom stereocenters. The summed E-state index contributed by atoms with van der Waals surface area (Å²) >= 11 is 0. The van der Waals surface area contributed by atoms with E-state index >= 15 is 0 Å². The monoisotopic (exact) mass is 1320 g/mol. The van der Waals surface area contributed by atoms with Crippen molar-refractivity contribution in [3.63, 3.8) is 0 Å². The third-order valence-electron chi connectivity index (χ3n) is 17.9. The molecule has 0 aliphatic carbocycles. The van der Waals surface area contributed by atoms with Crippen molar-refractivity contribution in [2.45, 2.75) is 56.3 Å². The number of ether oxygens (including phenoxy) is 3. The van der Waals surface area contributed by atoms with Gasteiger partial charge in [0.15, 0.2) is 11.6 Å². The van der Waals surface area contributed by atoms with Crippen LogP contribution in [0, 0.1) is 0 Å². The van der Waals surface area contributed by atoms with Crippen LogP contribution in [0.25, 0.3) is 50.2 Å². The van der Waals surface area contributed by atoms with Crippen LogP contribution in [0.15, 0.2) is 233 Å². The number of anilines is 3. The van der Waals surface area contributed by atoms with Crippen LogP contribution in [0.2, 0.25) is 0 Å². The van der Waals surface area contributed by atoms with E-state index < -0.39 is 0 Å². The van der Waals surface area contributed by atoms with Crippen LogP contribution in [0.1, 0.15) is 73.6 Å². The molecule has 0 bridgehead atoms. The van der Waals surface area contributed by atoms with Gasteiger partial charge in [0.25, 0.3) is 0 Å². The summed E-state index contributed by atoms with van der Waals surface area (Å²) in [4.78, 5) is 64.7. The van der Waals surface area contributed by atoms with Crippen molar-refractivity contribution in [1.29, 1.82) is 0 Å². The van der Waals surface area contributed by atoms with Gasteiger partial charge in [-0.1, -0.05) is 86.5 Å². The first-order chi connectivity index (χ1) is 48.4. The van der Waals surface area contributed by atoms with Crippen molar-refractivity contribution >= 4 is 51.7 Å². The molecule has 6 N–H and O–H groups in total. The van der Waals surface area contributed by atoms with Gasteiger partial charge in [-0.15, -0.1) is 0 Å². The predicted molar refractivity (Wildman–Crippen MR) is 382 cm³/mol. The molecule has 3 aliphatic rings. The molecule has 22 heteroatoms. The number of piperidine rings is 3. The van der Waals surface area contributed by atoms with E-state index in [1.807, 2.05) is 194 Å². The van der Waals surface area contributed by atoms with Gasteiger partial charge in [0.2, 0.25) is 17.7 Å². The van der Waals surface area contributed by atoms with E-state index in [1.54, 1.807) is 10.7 Å². The lowest BCUT2D eigenvalue weighted by atomic mass is 9.94. The summed E-state index contributed by atoms with van der Waals surface area (Å²) in [5.41, 5.74) is 27.3. The minimum Gasteiger partial charge on any atom is -0.457 e. The molecule has 0 unspecified atom stereocenters. The number of rotatable bonds is 15. The molecule has 6 aromatic heterocycles. The number of likely N-dealkylation sites (tertiary alicyclic amines) is 3. The van der Waals surface area contributed by atoms with E-state index in [-0.39, 0.29) is 35.5 Å². The molecule has 12 aromatic rings. The van der Waals surface area contributed by atoms with E-state index in [4.69, 9.17) is 41.4 Å². The summed E-state index contributed by atoms with van der Waals surface area (Å²) in [6.07, 6.45) is 16.2. The Hall–Kier alpha value is -12.5. The molecule has 0 radical (unpaired) electrons. The Balaban J connectivity index is 0.000000133. The number of nitrogen functional groups attached to an aromatic ring is 3. The SMILES string of the molecule is C=CC(=O)N1CCC[C@@H](c2cc(-c3ccc(Oc4ccccc4)cc3)c3c(N)ncnn23)C1.C=CC(=O)N1CCC[C@@H](c2nc(-c3ccc(Oc4ccccc4)cc3)c3c(N)nccn23)C1.C=CC(=O)N1CCC[C@@H](c2nc(-c3ccc(Oc4ccccc4)cc3)c3c(N)ncnn23)C1. The van der Waals surface area contributed by atoms with E-state index in [1.165, 1.54) is 30.9 Å². The topological polar surface area (TPSA) is 270 Å². The molecule has 99 heavy (non-hydrogen) atoms. The third-order valence-corrected chi connectivity index (χ3v) is 17.9. The van der Waals surface area contributed by atoms with Crippen LogP contribution in [-0.2, 0) is 14.4 Å². The van der Waals surface area contributed by atoms with Crippen LogP contribution in [-0.4, -0.2) is 120 Å². The number of imidazole rings is 2. The third kappa shape index (κ3) is 14.4. The van der Waals surface area contributed by atoms with E-state index in [2.05, 4.69) is 51.0 Å². The smallest absolute Gasteiger partial charge is 0.245 e. The minimum atomic E-state index is -0.0658. The maximum absolute atomic E-state index is 12.2. The molecule has 3 amide bonds. The highest BCUT2D eigenvalue weighted by Gasteiger charge is 2.32. The average Bonchev–Trinajstić information content (AvgIpc) is 1.63. The summed E-state index contributed by atoms with van der Waals surface area (Å²) in [7, 11) is 0. The molecule has 15 rings (SSSR count). The van der Waals surface area contributed by atoms with Crippen LogP contribution < -0.4 is 31.4 Å². The van der Waals surface area contributed by atoms with Crippen molar-refractivity contribution in [1.82, 2.24) is 63.2 Å².